The molecule has 1 nitrogen and oxygen atoms in total. The van der Waals surface area contributed by atoms with Crippen LogP contribution in [0.15, 0.2) is 174 Å². The summed E-state index contributed by atoms with van der Waals surface area (Å²) in [4.78, 5) is 0. The van der Waals surface area contributed by atoms with E-state index in [2.05, 4.69) is 0 Å². The van der Waals surface area contributed by atoms with Gasteiger partial charge in [0, 0.05) is 10.8 Å². The first kappa shape index (κ1) is 10.3. The molecule has 8 aromatic carbocycles. The minimum absolute atomic E-state index is 0.489. The fraction of sp³-hybridized carbons (Fsp3) is 0. The molecule has 9 aromatic rings. The highest BCUT2D eigenvalue weighted by Crippen LogP contribution is 2.47. The van der Waals surface area contributed by atoms with Gasteiger partial charge in [-0.25, -0.2) is 0 Å². The van der Waals surface area contributed by atoms with Crippen LogP contribution in [0, 0.1) is 0 Å². The second kappa shape index (κ2) is 10.4. The molecule has 0 aliphatic heterocycles. The van der Waals surface area contributed by atoms with Crippen LogP contribution >= 0.6 is 0 Å². The Bertz CT molecular complexity index is 3830. The second-order valence-corrected chi connectivity index (χ2v) is 9.61. The minimum Gasteiger partial charge on any atom is -0.456 e. The Kier molecular flexibility index (Phi) is 2.38. The highest BCUT2D eigenvalue weighted by Gasteiger charge is 2.20. The monoisotopic (exact) mass is 599 g/mol. The Labute approximate surface area is 299 Å². The molecule has 0 amide bonds. The van der Waals surface area contributed by atoms with E-state index in [0.717, 1.165) is 6.07 Å². The van der Waals surface area contributed by atoms with E-state index in [9.17, 15) is 9.60 Å². The Balaban J connectivity index is 1.68. The van der Waals surface area contributed by atoms with Crippen molar-refractivity contribution in [1.29, 1.82) is 0 Å². The van der Waals surface area contributed by atoms with Crippen molar-refractivity contribution in [2.24, 2.45) is 0 Å². The van der Waals surface area contributed by atoms with Crippen LogP contribution in [0.5, 0.6) is 0 Å². The fourth-order valence-corrected chi connectivity index (χ4v) is 5.35. The van der Waals surface area contributed by atoms with Crippen molar-refractivity contribution in [1.82, 2.24) is 0 Å². The van der Waals surface area contributed by atoms with Gasteiger partial charge in [-0.05, 0) is 96.3 Å². The highest BCUT2D eigenvalue weighted by atomic mass is 16.3. The first-order valence-corrected chi connectivity index (χ1v) is 13.2. The molecule has 0 saturated heterocycles. The Morgan fingerprint density at radius 1 is 0.356 bits per heavy atom. The maximum Gasteiger partial charge on any atom is 0.136 e. The molecule has 1 heteroatoms. The smallest absolute Gasteiger partial charge is 0.136 e. The molecule has 9 rings (SSSR count). The molecule has 0 unspecified atom stereocenters. The number of rotatable bonds is 4. The quantitative estimate of drug-likeness (QED) is 0.183. The SMILES string of the molecule is [2H]c1c([2H])c([2H])c(-c2cc(-c3c([2H])c([2H])c([2H])c([2H])c3[2H])c([2H])c(-c3c4c([2H])c([2H])c([2H])c([2H])c4c(-c4c([2H])c([2H])c([2H])c5oc6c([2H])c([2H])c([2H])c([2H])c6c45)c4c([2H])c([2H])c([2H])c([2H])c34)c2[2H])c([2H])c1[2H]. The van der Waals surface area contributed by atoms with Crippen molar-refractivity contribution >= 4 is 43.5 Å². The molecule has 0 aliphatic rings. The van der Waals surface area contributed by atoms with Gasteiger partial charge in [0.25, 0.3) is 0 Å². The van der Waals surface area contributed by atoms with E-state index in [1.54, 1.807) is 0 Å². The van der Waals surface area contributed by atoms with E-state index in [4.69, 9.17) is 31.8 Å². The lowest BCUT2D eigenvalue weighted by Gasteiger charge is -2.19. The molecule has 210 valence electrons. The predicted molar refractivity (Wildman–Crippen MR) is 190 cm³/mol. The third-order valence-electron chi connectivity index (χ3n) is 7.17. The normalized spacial score (nSPS) is 20.0. The molecule has 0 saturated carbocycles. The van der Waals surface area contributed by atoms with E-state index < -0.39 is 251 Å². The number of benzene rings is 8. The van der Waals surface area contributed by atoms with Crippen molar-refractivity contribution < 1.29 is 41.4 Å². The van der Waals surface area contributed by atoms with E-state index in [0.29, 0.717) is 0 Å². The number of hydrogen-bond donors (Lipinski definition) is 0. The number of para-hydroxylation sites is 1. The highest BCUT2D eigenvalue weighted by molar-refractivity contribution is 6.25. The predicted octanol–water partition coefficient (Wildman–Crippen LogP) is 12.6. The lowest BCUT2D eigenvalue weighted by molar-refractivity contribution is 0.669. The van der Waals surface area contributed by atoms with Gasteiger partial charge < -0.3 is 4.42 Å². The Morgan fingerprint density at radius 2 is 0.822 bits per heavy atom. The van der Waals surface area contributed by atoms with E-state index in [-0.39, 0.29) is 0 Å². The number of furan rings is 1. The van der Waals surface area contributed by atoms with Gasteiger partial charge in [0.2, 0.25) is 0 Å². The van der Waals surface area contributed by atoms with Crippen LogP contribution < -0.4 is 0 Å². The van der Waals surface area contributed by atoms with Crippen molar-refractivity contribution in [3.05, 3.63) is 169 Å². The van der Waals surface area contributed by atoms with Gasteiger partial charge in [0.15, 0.2) is 0 Å². The van der Waals surface area contributed by atoms with Gasteiger partial charge in [-0.2, -0.15) is 0 Å². The van der Waals surface area contributed by atoms with Gasteiger partial charge in [-0.1, -0.05) is 139 Å². The third kappa shape index (κ3) is 4.17. The van der Waals surface area contributed by atoms with Crippen molar-refractivity contribution in [3.8, 4) is 44.5 Å². The van der Waals surface area contributed by atoms with Crippen molar-refractivity contribution in [2.75, 3.05) is 0 Å². The molecule has 0 radical (unpaired) electrons. The zero-order chi connectivity index (χ0) is 53.2. The summed E-state index contributed by atoms with van der Waals surface area (Å²) < 4.78 is 247. The molecule has 1 aromatic heterocycles. The van der Waals surface area contributed by atoms with Gasteiger partial charge in [-0.3, -0.25) is 0 Å². The van der Waals surface area contributed by atoms with Crippen LogP contribution in [-0.2, 0) is 0 Å². The molecule has 0 N–H and O–H groups in total. The molecule has 1 heterocycles. The first-order valence-electron chi connectivity index (χ1n) is 26.7. The zero-order valence-electron chi connectivity index (χ0n) is 49.5. The van der Waals surface area contributed by atoms with E-state index >= 15 is 0 Å². The lowest BCUT2D eigenvalue weighted by atomic mass is 9.83. The van der Waals surface area contributed by atoms with Crippen LogP contribution in [0.3, 0.4) is 0 Å². The Hall–Kier alpha value is -5.92. The maximum absolute atomic E-state index is 9.89. The van der Waals surface area contributed by atoms with Crippen LogP contribution in [0.25, 0.3) is 88.0 Å². The molecular formula is C44H28O. The first-order chi connectivity index (χ1) is 33.6. The minimum atomic E-state index is -1.03. The van der Waals surface area contributed by atoms with Crippen molar-refractivity contribution in [3.63, 3.8) is 0 Å². The molecule has 0 fully saturated rings. The van der Waals surface area contributed by atoms with E-state index in [1.165, 1.54) is 0 Å². The van der Waals surface area contributed by atoms with Gasteiger partial charge in [0.05, 0.1) is 37.0 Å². The topological polar surface area (TPSA) is 13.1 Å². The average Bonchev–Trinajstić information content (AvgIpc) is 3.75. The average molecular weight is 600 g/mol. The van der Waals surface area contributed by atoms with Gasteiger partial charge >= 0.3 is 0 Å². The fourth-order valence-electron chi connectivity index (χ4n) is 5.35. The summed E-state index contributed by atoms with van der Waals surface area (Å²) in [6.07, 6.45) is 0. The third-order valence-corrected chi connectivity index (χ3v) is 7.17. The number of hydrogen-bond acceptors (Lipinski definition) is 1. The lowest BCUT2D eigenvalue weighted by Crippen LogP contribution is -1.92. The van der Waals surface area contributed by atoms with Gasteiger partial charge in [0.1, 0.15) is 11.2 Å². The molecular weight excluding hydrogens is 544 g/mol. The second-order valence-electron chi connectivity index (χ2n) is 9.61. The summed E-state index contributed by atoms with van der Waals surface area (Å²) in [7, 11) is 0. The van der Waals surface area contributed by atoms with E-state index in [1.807, 2.05) is 0 Å². The largest absolute Gasteiger partial charge is 0.456 e. The number of fused-ring (bicyclic) bond motifs is 5. The summed E-state index contributed by atoms with van der Waals surface area (Å²) in [5, 5.41) is -4.03. The standard InChI is InChI=1S/C44H28O/c1-3-14-29(15-4-1)31-26-32(30-16-5-2-6-17-30)28-33(27-31)42-34-18-7-9-20-36(34)43(37-21-10-8-19-35(37)42)39-23-13-25-41-44(39)38-22-11-12-24-40(38)45-41/h1-28H/i1D,2D,3D,4D,5D,6D,7D,8D,9D,10D,11D,12D,13D,14D,15D,16D,17D,18D,19D,20D,21D,22D,23D,24D,25D,27D,28D. The molecule has 0 atom stereocenters. The van der Waals surface area contributed by atoms with Gasteiger partial charge in [-0.15, -0.1) is 0 Å². The summed E-state index contributed by atoms with van der Waals surface area (Å²) in [5.41, 5.74) is -7.04. The molecule has 0 bridgehead atoms. The summed E-state index contributed by atoms with van der Waals surface area (Å²) >= 11 is 0. The van der Waals surface area contributed by atoms with Crippen molar-refractivity contribution in [2.45, 2.75) is 0 Å². The summed E-state index contributed by atoms with van der Waals surface area (Å²) in [6.45, 7) is 0. The molecule has 45 heavy (non-hydrogen) atoms. The van der Waals surface area contributed by atoms with Crippen LogP contribution in [0.1, 0.15) is 37.0 Å². The zero-order valence-corrected chi connectivity index (χ0v) is 22.5. The summed E-state index contributed by atoms with van der Waals surface area (Å²) in [6, 6.07) is -24.3. The Morgan fingerprint density at radius 3 is 1.40 bits per heavy atom. The maximum atomic E-state index is 9.89. The molecule has 0 spiro atoms. The van der Waals surface area contributed by atoms with Crippen LogP contribution in [0.4, 0.5) is 0 Å². The van der Waals surface area contributed by atoms with Crippen LogP contribution in [-0.4, -0.2) is 0 Å². The summed E-state index contributed by atoms with van der Waals surface area (Å²) in [5.74, 6) is 0. The van der Waals surface area contributed by atoms with Crippen LogP contribution in [0.2, 0.25) is 0 Å². The molecule has 0 aliphatic carbocycles.